The fourth-order valence-electron chi connectivity index (χ4n) is 17.0. The molecule has 144 heavy (non-hydrogen) atoms. The molecule has 6 saturated heterocycles. The lowest BCUT2D eigenvalue weighted by atomic mass is 10.0. The average molecular weight is 2080 g/mol. The number of amides is 12. The second kappa shape index (κ2) is 46.2. The summed E-state index contributed by atoms with van der Waals surface area (Å²) < 4.78 is 0. The van der Waals surface area contributed by atoms with E-state index in [0.717, 1.165) is 0 Å². The zero-order chi connectivity index (χ0) is 105. The molecular formula is C96H102N18O24S6. The molecule has 24 N–H and O–H groups in total. The molecule has 6 fully saturated rings. The first-order chi connectivity index (χ1) is 68.5. The number of aliphatic carboxylic acids is 6. The number of nitrogens with two attached hydrogens (primary N) is 6. The van der Waals surface area contributed by atoms with Gasteiger partial charge in [0.1, 0.15) is 139 Å². The largest absolute Gasteiger partial charge is 0.477 e. The Morgan fingerprint density at radius 3 is 0.444 bits per heavy atom. The van der Waals surface area contributed by atoms with E-state index in [1.165, 1.54) is 100.0 Å². The zero-order valence-electron chi connectivity index (χ0n) is 77.6. The molecule has 12 amide bonds. The maximum atomic E-state index is 12.3. The summed E-state index contributed by atoms with van der Waals surface area (Å²) in [5, 5.41) is 69.2. The van der Waals surface area contributed by atoms with Crippen LogP contribution in [0.1, 0.15) is 111 Å². The molecule has 48 heteroatoms. The van der Waals surface area contributed by atoms with Gasteiger partial charge in [0.05, 0.1) is 0 Å². The van der Waals surface area contributed by atoms with Crippen LogP contribution in [0.4, 0.5) is 0 Å². The van der Waals surface area contributed by atoms with Crippen LogP contribution in [0.2, 0.25) is 0 Å². The number of carboxylic acid groups (broad SMARTS) is 6. The van der Waals surface area contributed by atoms with Gasteiger partial charge in [-0.1, -0.05) is 182 Å². The monoisotopic (exact) mass is 2080 g/mol. The number of thioether (sulfide) groups is 6. The molecule has 0 unspecified atom stereocenters. The molecule has 0 saturated carbocycles. The number of hydrogen-bond donors (Lipinski definition) is 18. The molecule has 18 rings (SSSR count). The summed E-state index contributed by atoms with van der Waals surface area (Å²) in [6.45, 7) is 10.1. The van der Waals surface area contributed by atoms with E-state index in [1.54, 1.807) is 187 Å². The van der Waals surface area contributed by atoms with Gasteiger partial charge in [-0.2, -0.15) is 0 Å². The lowest BCUT2D eigenvalue weighted by Gasteiger charge is -2.49. The molecule has 6 aromatic carbocycles. The molecule has 756 valence electrons. The van der Waals surface area contributed by atoms with Crippen molar-refractivity contribution in [3.8, 4) is 0 Å². The Balaban J connectivity index is 0.000000145. The third-order valence-electron chi connectivity index (χ3n) is 24.6. The van der Waals surface area contributed by atoms with Crippen LogP contribution in [0.25, 0.3) is 0 Å². The van der Waals surface area contributed by atoms with Crippen molar-refractivity contribution >= 4 is 177 Å². The minimum atomic E-state index is -1.13. The molecule has 0 bridgehead atoms. The number of carbonyl (C=O) groups is 18. The highest BCUT2D eigenvalue weighted by molar-refractivity contribution is 8.01. The number of carbonyl (C=O) groups excluding carboxylic acids is 12. The summed E-state index contributed by atoms with van der Waals surface area (Å²) in [5.41, 5.74) is 43.4. The predicted molar refractivity (Wildman–Crippen MR) is 532 cm³/mol. The van der Waals surface area contributed by atoms with Gasteiger partial charge in [-0.25, -0.2) is 28.8 Å². The molecule has 0 radical (unpaired) electrons. The van der Waals surface area contributed by atoms with Gasteiger partial charge >= 0.3 is 35.8 Å². The Kier molecular flexibility index (Phi) is 34.4. The fourth-order valence-corrected chi connectivity index (χ4v) is 24.7. The normalized spacial score (nSPS) is 24.1. The van der Waals surface area contributed by atoms with E-state index in [-0.39, 0.29) is 34.2 Å². The summed E-state index contributed by atoms with van der Waals surface area (Å²) in [4.78, 5) is 223. The maximum Gasteiger partial charge on any atom is 0.352 e. The molecule has 0 aliphatic carbocycles. The highest BCUT2D eigenvalue weighted by Crippen LogP contribution is 2.47. The van der Waals surface area contributed by atoms with Crippen LogP contribution in [0, 0.1) is 0 Å². The fraction of sp³-hybridized carbons (Fsp3) is 0.312. The van der Waals surface area contributed by atoms with Crippen molar-refractivity contribution in [2.45, 2.75) is 146 Å². The first-order valence-corrected chi connectivity index (χ1v) is 50.7. The highest BCUT2D eigenvalue weighted by atomic mass is 32.2. The number of β-lactam (4-membered cyclic amide) rings is 6. The second-order valence-electron chi connectivity index (χ2n) is 34.3. The van der Waals surface area contributed by atoms with Gasteiger partial charge in [0, 0.05) is 34.5 Å². The molecule has 12 aliphatic heterocycles. The van der Waals surface area contributed by atoms with E-state index >= 15 is 0 Å². The molecule has 0 spiro atoms. The van der Waals surface area contributed by atoms with Crippen LogP contribution in [-0.4, -0.2) is 270 Å². The molecule has 12 heterocycles. The maximum absolute atomic E-state index is 12.3. The minimum absolute atomic E-state index is 0.0154. The van der Waals surface area contributed by atoms with E-state index in [1.807, 2.05) is 36.4 Å². The highest BCUT2D eigenvalue weighted by Gasteiger charge is 2.60. The summed E-state index contributed by atoms with van der Waals surface area (Å²) >= 11 is 8.59. The van der Waals surface area contributed by atoms with E-state index in [4.69, 9.17) is 34.4 Å². The first kappa shape index (κ1) is 107. The summed E-state index contributed by atoms with van der Waals surface area (Å²) in [5.74, 6) is -8.97. The molecule has 6 aromatic rings. The Hall–Kier alpha value is -13.9. The first-order valence-electron chi connectivity index (χ1n) is 44.4. The summed E-state index contributed by atoms with van der Waals surface area (Å²) in [6.07, 6.45) is 0. The standard InChI is InChI=1S/6C16H17N3O4S/c6*1-8-7-24-15-11(14(21)19(15)12(8)16(22)23)18-13(20)10(17)9-5-3-2-4-6-9/h6*2-6,10-11,15H,7,17H2,1H3,(H,18,20)(H,22,23)/t6*10-,11-,15-/m111111/s1. The van der Waals surface area contributed by atoms with Crippen molar-refractivity contribution in [3.63, 3.8) is 0 Å². The zero-order valence-corrected chi connectivity index (χ0v) is 82.5. The third-order valence-corrected chi connectivity index (χ3v) is 33.1. The summed E-state index contributed by atoms with van der Waals surface area (Å²) in [7, 11) is 0. The van der Waals surface area contributed by atoms with Gasteiger partial charge in [0.2, 0.25) is 35.4 Å². The minimum Gasteiger partial charge on any atom is -0.477 e. The van der Waals surface area contributed by atoms with Crippen LogP contribution in [-0.2, 0) is 86.3 Å². The smallest absolute Gasteiger partial charge is 0.352 e. The quantitative estimate of drug-likeness (QED) is 0.0387. The van der Waals surface area contributed by atoms with Crippen LogP contribution < -0.4 is 66.3 Å². The van der Waals surface area contributed by atoms with Gasteiger partial charge in [0.15, 0.2) is 0 Å². The Bertz CT molecular complexity index is 5380. The van der Waals surface area contributed by atoms with E-state index in [0.29, 0.717) is 101 Å². The Morgan fingerprint density at radius 2 is 0.340 bits per heavy atom. The van der Waals surface area contributed by atoms with Crippen molar-refractivity contribution < 1.29 is 117 Å². The van der Waals surface area contributed by atoms with E-state index < -0.39 is 211 Å². The van der Waals surface area contributed by atoms with Gasteiger partial charge in [-0.15, -0.1) is 70.6 Å². The number of nitrogens with zero attached hydrogens (tertiary/aromatic N) is 6. The second-order valence-corrected chi connectivity index (χ2v) is 40.9. The van der Waals surface area contributed by atoms with Gasteiger partial charge in [-0.05, 0) is 108 Å². The number of carboxylic acids is 6. The molecule has 42 nitrogen and oxygen atoms in total. The van der Waals surface area contributed by atoms with Crippen LogP contribution in [0.15, 0.2) is 250 Å². The summed E-state index contributed by atoms with van der Waals surface area (Å²) in [6, 6.07) is 43.4. The van der Waals surface area contributed by atoms with E-state index in [2.05, 4.69) is 31.9 Å². The topological polar surface area (TPSA) is 676 Å². The Labute approximate surface area is 848 Å². The lowest BCUT2D eigenvalue weighted by Crippen LogP contribution is -2.71. The number of nitrogens with one attached hydrogen (secondary N) is 6. The molecule has 12 aliphatic rings. The van der Waals surface area contributed by atoms with Crippen LogP contribution >= 0.6 is 70.6 Å². The molecule has 0 aromatic heterocycles. The average Bonchev–Trinajstić information content (AvgIpc) is 0.757. The Morgan fingerprint density at radius 1 is 0.229 bits per heavy atom. The molecule has 18 atom stereocenters. The van der Waals surface area contributed by atoms with E-state index in [9.17, 15) is 117 Å². The van der Waals surface area contributed by atoms with Crippen LogP contribution in [0.5, 0.6) is 0 Å². The SMILES string of the molecule is CC1=C(C(=O)O)N2C(=O)[C@@H](NC(=O)[C@H](N)c3ccccc3)[C@H]2SC1.CC1=C(C(=O)O)N2C(=O)[C@@H](NC(=O)[C@H](N)c3ccccc3)[C@H]2SC1.CC1=C(C(=O)O)N2C(=O)[C@@H](NC(=O)[C@H](N)c3ccccc3)[C@H]2SC1.CC1=C(C(=O)O)N2C(=O)[C@@H](NC(=O)[C@H](N)c3ccccc3)[C@H]2SC1.CC1=C(C(=O)O)N2C(=O)[C@@H](NC(=O)[C@H](N)c3ccccc3)[C@H]2SC1.CC1=C(C(=O)O)N2C(=O)[C@@H](NC(=O)[C@H](N)c3ccccc3)[C@H]2SC1. The van der Waals surface area contributed by atoms with Gasteiger partial charge in [-0.3, -0.25) is 86.9 Å². The van der Waals surface area contributed by atoms with Crippen molar-refractivity contribution in [3.05, 3.63) is 283 Å². The number of benzene rings is 6. The number of rotatable bonds is 24. The van der Waals surface area contributed by atoms with Crippen molar-refractivity contribution in [1.29, 1.82) is 0 Å². The van der Waals surface area contributed by atoms with Crippen molar-refractivity contribution in [1.82, 2.24) is 61.3 Å². The van der Waals surface area contributed by atoms with Crippen LogP contribution in [0.3, 0.4) is 0 Å². The predicted octanol–water partition coefficient (Wildman–Crippen LogP) is 2.67. The third kappa shape index (κ3) is 22.4. The number of fused-ring (bicyclic) bond motifs is 6. The number of hydrogen-bond acceptors (Lipinski definition) is 30. The van der Waals surface area contributed by atoms with Crippen molar-refractivity contribution in [2.75, 3.05) is 34.5 Å². The van der Waals surface area contributed by atoms with Gasteiger partial charge < -0.3 is 96.9 Å². The van der Waals surface area contributed by atoms with Crippen molar-refractivity contribution in [2.24, 2.45) is 34.4 Å². The lowest BCUT2D eigenvalue weighted by molar-refractivity contribution is -0.150. The molecular weight excluding hydrogens is 1980 g/mol. The van der Waals surface area contributed by atoms with Gasteiger partial charge in [0.25, 0.3) is 35.4 Å².